The van der Waals surface area contributed by atoms with Gasteiger partial charge < -0.3 is 24.0 Å². The van der Waals surface area contributed by atoms with Gasteiger partial charge in [0.2, 0.25) is 0 Å². The Bertz CT molecular complexity index is 2120. The van der Waals surface area contributed by atoms with E-state index in [0.717, 1.165) is 51.6 Å². The molecule has 3 atom stereocenters. The molecule has 2 saturated heterocycles. The summed E-state index contributed by atoms with van der Waals surface area (Å²) in [6.45, 7) is 22.8. The minimum atomic E-state index is -3.90. The van der Waals surface area contributed by atoms with E-state index in [1.165, 1.54) is 6.26 Å². The van der Waals surface area contributed by atoms with E-state index in [2.05, 4.69) is 44.3 Å². The summed E-state index contributed by atoms with van der Waals surface area (Å²) in [7, 11) is -6.72. The smallest absolute Gasteiger partial charge is 0.410 e. The van der Waals surface area contributed by atoms with Gasteiger partial charge in [-0.2, -0.15) is 9.61 Å². The molecule has 0 N–H and O–H groups in total. The van der Waals surface area contributed by atoms with Gasteiger partial charge in [0, 0.05) is 82.0 Å². The van der Waals surface area contributed by atoms with Gasteiger partial charge in [-0.3, -0.25) is 4.98 Å². The number of pyridine rings is 1. The number of thiazole rings is 1. The van der Waals surface area contributed by atoms with Crippen LogP contribution in [-0.4, -0.2) is 111 Å². The Kier molecular flexibility index (Phi) is 12.8. The molecule has 0 radical (unpaired) electrons. The van der Waals surface area contributed by atoms with Gasteiger partial charge in [0.1, 0.15) is 29.0 Å². The Morgan fingerprint density at radius 1 is 0.930 bits per heavy atom. The zero-order chi connectivity index (χ0) is 41.5. The van der Waals surface area contributed by atoms with Crippen LogP contribution in [-0.2, 0) is 24.0 Å². The van der Waals surface area contributed by atoms with Crippen LogP contribution in [0.15, 0.2) is 35.6 Å². The highest BCUT2D eigenvalue weighted by Crippen LogP contribution is 2.46. The molecule has 312 valence electrons. The van der Waals surface area contributed by atoms with E-state index in [1.54, 1.807) is 28.2 Å². The van der Waals surface area contributed by atoms with Crippen LogP contribution in [0.1, 0.15) is 62.9 Å². The predicted octanol–water partition coefficient (Wildman–Crippen LogP) is 8.70. The van der Waals surface area contributed by atoms with E-state index < -0.39 is 31.6 Å². The number of aromatic nitrogens is 5. The van der Waals surface area contributed by atoms with Gasteiger partial charge in [0.25, 0.3) is 0 Å². The Morgan fingerprint density at radius 2 is 1.54 bits per heavy atom. The minimum absolute atomic E-state index is 0.0981. The summed E-state index contributed by atoms with van der Waals surface area (Å²) in [6.07, 6.45) is 9.06. The summed E-state index contributed by atoms with van der Waals surface area (Å²) in [5.41, 5.74) is 2.66. The number of hydrogen-bond donors (Lipinski definition) is 0. The van der Waals surface area contributed by atoms with Crippen LogP contribution in [0.5, 0.6) is 0 Å². The first-order valence-corrected chi connectivity index (χ1v) is 30.1. The van der Waals surface area contributed by atoms with E-state index in [-0.39, 0.29) is 42.5 Å². The number of sulfone groups is 1. The van der Waals surface area contributed by atoms with E-state index in [0.29, 0.717) is 43.2 Å². The molecule has 2 aliphatic rings. The average molecular weight is 856 g/mol. The number of carbonyl (C=O) groups is 1. The van der Waals surface area contributed by atoms with Gasteiger partial charge in [-0.05, 0) is 71.5 Å². The van der Waals surface area contributed by atoms with Crippen molar-refractivity contribution in [3.05, 3.63) is 41.3 Å². The molecule has 6 rings (SSSR count). The van der Waals surface area contributed by atoms with Gasteiger partial charge in [-0.15, -0.1) is 11.3 Å². The molecular weight excluding hydrogens is 795 g/mol. The number of anilines is 1. The summed E-state index contributed by atoms with van der Waals surface area (Å²) in [5, 5.41) is 5.69. The van der Waals surface area contributed by atoms with Gasteiger partial charge in [0.15, 0.2) is 21.3 Å². The lowest BCUT2D eigenvalue weighted by molar-refractivity contribution is 0.00557. The summed E-state index contributed by atoms with van der Waals surface area (Å²) in [5.74, 6) is 0.128. The Labute approximate surface area is 344 Å². The number of aryl methyl sites for hydroxylation is 1. The fourth-order valence-electron chi connectivity index (χ4n) is 7.53. The summed E-state index contributed by atoms with van der Waals surface area (Å²) < 4.78 is 48.7. The second kappa shape index (κ2) is 16.8. The second-order valence-corrected chi connectivity index (χ2v) is 33.5. The molecule has 0 saturated carbocycles. The van der Waals surface area contributed by atoms with Crippen molar-refractivity contribution in [3.8, 4) is 21.8 Å². The van der Waals surface area contributed by atoms with Crippen LogP contribution in [0.25, 0.3) is 27.5 Å². The number of amides is 1. The maximum absolute atomic E-state index is 14.3. The van der Waals surface area contributed by atoms with Gasteiger partial charge >= 0.3 is 6.09 Å². The third kappa shape index (κ3) is 10.7. The molecule has 0 aromatic carbocycles. The zero-order valence-electron chi connectivity index (χ0n) is 35.6. The van der Waals surface area contributed by atoms with Crippen molar-refractivity contribution >= 4 is 54.9 Å². The highest BCUT2D eigenvalue weighted by atomic mass is 32.2. The van der Waals surface area contributed by atoms with E-state index in [4.69, 9.17) is 29.3 Å². The van der Waals surface area contributed by atoms with Gasteiger partial charge in [-0.1, -0.05) is 45.3 Å². The van der Waals surface area contributed by atoms with Crippen molar-refractivity contribution in [2.45, 2.75) is 133 Å². The van der Waals surface area contributed by atoms with Crippen LogP contribution in [0.4, 0.5) is 10.6 Å². The molecule has 2 aliphatic heterocycles. The van der Waals surface area contributed by atoms with E-state index in [1.807, 2.05) is 55.8 Å². The SMILES string of the molecule is Cc1cnc(-c2ccc(-c3cnn4c(N(COCC[Si](C)(C)C)COCC[Si](C)(C)C)c(S(C)(=O)=O)c(C5C[C@H]6CC[C@@H](C5)N6C(=O)OC(C)(C)C)nc34)cn2)s1. The first-order chi connectivity index (χ1) is 26.6. The highest BCUT2D eigenvalue weighted by Gasteiger charge is 2.47. The zero-order valence-corrected chi connectivity index (χ0v) is 39.2. The minimum Gasteiger partial charge on any atom is -0.444 e. The standard InChI is InChI=1S/C40H61N7O6S2Si2/c1-27-22-42-37(54-27)33-15-12-28(23-41-33)32-24-43-47-36(32)44-34(29-20-30-13-14-31(21-29)46(30)39(48)53-40(2,3)4)35(55(5,49)50)38(47)45(25-51-16-18-56(6,7)8)26-52-17-19-57(9,10)11/h12,15,22-24,29-31H,13-14,16-21,25-26H2,1-11H3/t29?,30-,31+. The molecule has 4 aromatic rings. The molecule has 4 aromatic heterocycles. The van der Waals surface area contributed by atoms with Gasteiger partial charge in [-0.25, -0.2) is 23.2 Å². The first kappa shape index (κ1) is 43.4. The quantitative estimate of drug-likeness (QED) is 0.0644. The van der Waals surface area contributed by atoms with Crippen molar-refractivity contribution in [3.63, 3.8) is 0 Å². The lowest BCUT2D eigenvalue weighted by atomic mass is 9.88. The molecule has 1 unspecified atom stereocenters. The van der Waals surface area contributed by atoms with E-state index >= 15 is 0 Å². The maximum atomic E-state index is 14.3. The molecule has 13 nitrogen and oxygen atoms in total. The highest BCUT2D eigenvalue weighted by molar-refractivity contribution is 7.91. The number of carbonyl (C=O) groups excluding carboxylic acids is 1. The maximum Gasteiger partial charge on any atom is 0.410 e. The van der Waals surface area contributed by atoms with Crippen LogP contribution < -0.4 is 4.90 Å². The molecule has 57 heavy (non-hydrogen) atoms. The molecule has 1 amide bonds. The van der Waals surface area contributed by atoms with Crippen molar-refractivity contribution in [1.29, 1.82) is 0 Å². The molecule has 0 spiro atoms. The summed E-state index contributed by atoms with van der Waals surface area (Å²) in [6, 6.07) is 5.65. The largest absolute Gasteiger partial charge is 0.444 e. The fraction of sp³-hybridized carbons (Fsp3) is 0.625. The molecule has 2 bridgehead atoms. The predicted molar refractivity (Wildman–Crippen MR) is 232 cm³/mol. The number of nitrogens with zero attached hydrogens (tertiary/aromatic N) is 7. The number of rotatable bonds is 15. The van der Waals surface area contributed by atoms with Gasteiger partial charge in [0.05, 0.1) is 17.6 Å². The first-order valence-electron chi connectivity index (χ1n) is 20.0. The number of ether oxygens (including phenoxy) is 3. The average Bonchev–Trinajstić information content (AvgIpc) is 3.80. The van der Waals surface area contributed by atoms with E-state index in [9.17, 15) is 13.2 Å². The van der Waals surface area contributed by atoms with Crippen LogP contribution >= 0.6 is 11.3 Å². The fourth-order valence-corrected chi connectivity index (χ4v) is 10.9. The summed E-state index contributed by atoms with van der Waals surface area (Å²) in [4.78, 5) is 33.0. The molecular formula is C40H61N7O6S2Si2. The third-order valence-electron chi connectivity index (χ3n) is 10.4. The normalized spacial score (nSPS) is 19.1. The van der Waals surface area contributed by atoms with Crippen molar-refractivity contribution in [2.75, 3.05) is 37.8 Å². The lowest BCUT2D eigenvalue weighted by Crippen LogP contribution is -2.48. The third-order valence-corrected chi connectivity index (χ3v) is 15.9. The van der Waals surface area contributed by atoms with Crippen LogP contribution in [0.2, 0.25) is 51.4 Å². The van der Waals surface area contributed by atoms with Crippen molar-refractivity contribution < 1.29 is 27.4 Å². The Morgan fingerprint density at radius 3 is 2.04 bits per heavy atom. The lowest BCUT2D eigenvalue weighted by Gasteiger charge is -2.40. The Balaban J connectivity index is 1.48. The monoisotopic (exact) mass is 855 g/mol. The molecule has 2 fully saturated rings. The number of fused-ring (bicyclic) bond motifs is 3. The summed E-state index contributed by atoms with van der Waals surface area (Å²) >= 11 is 1.59. The molecule has 0 aliphatic carbocycles. The molecule has 6 heterocycles. The number of piperidine rings is 1. The van der Waals surface area contributed by atoms with Crippen molar-refractivity contribution in [2.24, 2.45) is 0 Å². The van der Waals surface area contributed by atoms with Crippen molar-refractivity contribution in [1.82, 2.24) is 29.5 Å². The van der Waals surface area contributed by atoms with Crippen LogP contribution in [0, 0.1) is 6.92 Å². The topological polar surface area (TPSA) is 141 Å². The number of hydrogen-bond acceptors (Lipinski definition) is 12. The molecule has 17 heteroatoms. The second-order valence-electron chi connectivity index (χ2n) is 19.1. The Hall–Kier alpha value is -3.23. The van der Waals surface area contributed by atoms with Crippen LogP contribution in [0.3, 0.4) is 0 Å².